The average molecular weight is 289 g/mol. The van der Waals surface area contributed by atoms with Crippen LogP contribution in [0.3, 0.4) is 0 Å². The zero-order valence-corrected chi connectivity index (χ0v) is 10.9. The number of rotatable bonds is 4. The van der Waals surface area contributed by atoms with Crippen LogP contribution in [0.25, 0.3) is 0 Å². The smallest absolute Gasteiger partial charge is 0.304 e. The number of para-hydroxylation sites is 1. The van der Waals surface area contributed by atoms with Crippen molar-refractivity contribution >= 4 is 17.3 Å². The summed E-state index contributed by atoms with van der Waals surface area (Å²) in [7, 11) is 0. The number of nitrogen functional groups attached to an aromatic ring is 1. The Morgan fingerprint density at radius 3 is 2.67 bits per heavy atom. The summed E-state index contributed by atoms with van der Waals surface area (Å²) in [6.45, 7) is 0.0581. The Labute approximate surface area is 119 Å². The number of halogens is 1. The first-order valence-corrected chi connectivity index (χ1v) is 6.04. The van der Waals surface area contributed by atoms with Crippen LogP contribution in [-0.4, -0.2) is 10.8 Å². The maximum atomic E-state index is 13.0. The van der Waals surface area contributed by atoms with Gasteiger partial charge in [-0.05, 0) is 29.8 Å². The fourth-order valence-electron chi connectivity index (χ4n) is 1.87. The van der Waals surface area contributed by atoms with Crippen LogP contribution in [0, 0.1) is 15.9 Å². The summed E-state index contributed by atoms with van der Waals surface area (Å²) in [6.07, 6.45) is 0. The maximum Gasteiger partial charge on any atom is 0.304 e. The first-order chi connectivity index (χ1) is 9.99. The first-order valence-electron chi connectivity index (χ1n) is 6.04. The summed E-state index contributed by atoms with van der Waals surface area (Å²) in [5.41, 5.74) is 5.42. The molecule has 0 aliphatic rings. The van der Waals surface area contributed by atoms with Crippen molar-refractivity contribution in [2.75, 3.05) is 5.73 Å². The minimum atomic E-state index is -0.702. The number of carbonyl (C=O) groups is 1. The molecule has 21 heavy (non-hydrogen) atoms. The van der Waals surface area contributed by atoms with E-state index in [2.05, 4.69) is 5.32 Å². The summed E-state index contributed by atoms with van der Waals surface area (Å²) >= 11 is 0. The second-order valence-corrected chi connectivity index (χ2v) is 4.31. The molecule has 0 heterocycles. The quantitative estimate of drug-likeness (QED) is 0.512. The molecule has 108 valence electrons. The molecule has 3 N–H and O–H groups in total. The third-order valence-corrected chi connectivity index (χ3v) is 2.84. The number of hydrogen-bond donors (Lipinski definition) is 2. The van der Waals surface area contributed by atoms with Gasteiger partial charge in [0.2, 0.25) is 0 Å². The molecule has 0 saturated carbocycles. The number of nitro groups is 1. The number of benzene rings is 2. The second kappa shape index (κ2) is 6.00. The number of nitrogens with one attached hydrogen (secondary N) is 1. The van der Waals surface area contributed by atoms with Gasteiger partial charge in [-0.1, -0.05) is 18.2 Å². The first kappa shape index (κ1) is 14.4. The molecule has 0 bridgehead atoms. The fourth-order valence-corrected chi connectivity index (χ4v) is 1.87. The van der Waals surface area contributed by atoms with Gasteiger partial charge in [-0.25, -0.2) is 4.39 Å². The Hall–Kier alpha value is -2.96. The molecule has 0 atom stereocenters. The molecule has 0 fully saturated rings. The van der Waals surface area contributed by atoms with Gasteiger partial charge in [-0.3, -0.25) is 14.9 Å². The third kappa shape index (κ3) is 3.33. The summed E-state index contributed by atoms with van der Waals surface area (Å²) in [5.74, 6) is -1.06. The number of nitrogens with two attached hydrogens (primary N) is 1. The standard InChI is InChI=1S/C14H12FN3O3/c15-10-4-1-3-9(7-10)8-17-14(19)11-5-2-6-12(16)13(11)18(20)21/h1-7H,8,16H2,(H,17,19). The molecular formula is C14H12FN3O3. The largest absolute Gasteiger partial charge is 0.393 e. The van der Waals surface area contributed by atoms with E-state index in [1.54, 1.807) is 6.07 Å². The van der Waals surface area contributed by atoms with Gasteiger partial charge in [0.1, 0.15) is 17.1 Å². The molecule has 1 amide bonds. The van der Waals surface area contributed by atoms with E-state index in [-0.39, 0.29) is 17.8 Å². The highest BCUT2D eigenvalue weighted by Crippen LogP contribution is 2.25. The van der Waals surface area contributed by atoms with Crippen LogP contribution in [0.5, 0.6) is 0 Å². The van der Waals surface area contributed by atoms with Crippen LogP contribution in [0.15, 0.2) is 42.5 Å². The molecule has 2 aromatic carbocycles. The van der Waals surface area contributed by atoms with Crippen molar-refractivity contribution in [1.29, 1.82) is 0 Å². The number of amides is 1. The Morgan fingerprint density at radius 2 is 2.00 bits per heavy atom. The Morgan fingerprint density at radius 1 is 1.29 bits per heavy atom. The van der Waals surface area contributed by atoms with E-state index in [1.807, 2.05) is 0 Å². The zero-order valence-electron chi connectivity index (χ0n) is 10.9. The van der Waals surface area contributed by atoms with E-state index in [4.69, 9.17) is 5.73 Å². The van der Waals surface area contributed by atoms with Gasteiger partial charge in [0.05, 0.1) is 4.92 Å². The normalized spacial score (nSPS) is 10.1. The molecule has 0 aromatic heterocycles. The lowest BCUT2D eigenvalue weighted by Gasteiger charge is -2.07. The molecule has 0 radical (unpaired) electrons. The van der Waals surface area contributed by atoms with E-state index in [9.17, 15) is 19.3 Å². The minimum absolute atomic E-state index is 0.0581. The van der Waals surface area contributed by atoms with Crippen LogP contribution in [0.2, 0.25) is 0 Å². The number of carbonyl (C=O) groups excluding carboxylic acids is 1. The highest BCUT2D eigenvalue weighted by Gasteiger charge is 2.22. The molecule has 0 aliphatic heterocycles. The summed E-state index contributed by atoms with van der Waals surface area (Å²) in [6, 6.07) is 9.83. The lowest BCUT2D eigenvalue weighted by atomic mass is 10.1. The minimum Gasteiger partial charge on any atom is -0.393 e. The van der Waals surface area contributed by atoms with E-state index in [0.29, 0.717) is 5.56 Å². The molecular weight excluding hydrogens is 277 g/mol. The molecule has 7 heteroatoms. The van der Waals surface area contributed by atoms with E-state index in [0.717, 1.165) is 0 Å². The summed E-state index contributed by atoms with van der Waals surface area (Å²) in [4.78, 5) is 22.3. The fraction of sp³-hybridized carbons (Fsp3) is 0.0714. The SMILES string of the molecule is Nc1cccc(C(=O)NCc2cccc(F)c2)c1[N+](=O)[O-]. The topological polar surface area (TPSA) is 98.3 Å². The van der Waals surface area contributed by atoms with Crippen molar-refractivity contribution < 1.29 is 14.1 Å². The van der Waals surface area contributed by atoms with Crippen LogP contribution in [0.4, 0.5) is 15.8 Å². The third-order valence-electron chi connectivity index (χ3n) is 2.84. The predicted octanol–water partition coefficient (Wildman–Crippen LogP) is 2.25. The van der Waals surface area contributed by atoms with Crippen LogP contribution < -0.4 is 11.1 Å². The number of nitrogens with zero attached hydrogens (tertiary/aromatic N) is 1. The maximum absolute atomic E-state index is 13.0. The predicted molar refractivity (Wildman–Crippen MR) is 75.1 cm³/mol. The number of anilines is 1. The average Bonchev–Trinajstić information content (AvgIpc) is 2.44. The van der Waals surface area contributed by atoms with Gasteiger partial charge < -0.3 is 11.1 Å². The lowest BCUT2D eigenvalue weighted by molar-refractivity contribution is -0.384. The molecule has 0 saturated heterocycles. The van der Waals surface area contributed by atoms with Crippen molar-refractivity contribution in [1.82, 2.24) is 5.32 Å². The molecule has 2 aromatic rings. The van der Waals surface area contributed by atoms with Crippen molar-refractivity contribution in [3.63, 3.8) is 0 Å². The summed E-state index contributed by atoms with van der Waals surface area (Å²) < 4.78 is 13.0. The van der Waals surface area contributed by atoms with Gasteiger partial charge in [0.25, 0.3) is 5.91 Å². The molecule has 0 aliphatic carbocycles. The molecule has 0 unspecified atom stereocenters. The number of hydrogen-bond acceptors (Lipinski definition) is 4. The van der Waals surface area contributed by atoms with Gasteiger partial charge >= 0.3 is 5.69 Å². The Balaban J connectivity index is 2.18. The van der Waals surface area contributed by atoms with Crippen molar-refractivity contribution in [3.8, 4) is 0 Å². The van der Waals surface area contributed by atoms with Crippen LogP contribution in [0.1, 0.15) is 15.9 Å². The highest BCUT2D eigenvalue weighted by molar-refractivity contribution is 6.00. The van der Waals surface area contributed by atoms with Gasteiger partial charge in [0.15, 0.2) is 0 Å². The second-order valence-electron chi connectivity index (χ2n) is 4.31. The Kier molecular flexibility index (Phi) is 4.13. The lowest BCUT2D eigenvalue weighted by Crippen LogP contribution is -2.24. The van der Waals surface area contributed by atoms with Crippen LogP contribution in [-0.2, 0) is 6.54 Å². The van der Waals surface area contributed by atoms with Crippen molar-refractivity contribution in [3.05, 3.63) is 69.5 Å². The van der Waals surface area contributed by atoms with Crippen molar-refractivity contribution in [2.45, 2.75) is 6.54 Å². The van der Waals surface area contributed by atoms with E-state index < -0.39 is 22.3 Å². The van der Waals surface area contributed by atoms with E-state index >= 15 is 0 Å². The van der Waals surface area contributed by atoms with Gasteiger partial charge in [-0.2, -0.15) is 0 Å². The van der Waals surface area contributed by atoms with Gasteiger partial charge in [0, 0.05) is 6.54 Å². The summed E-state index contributed by atoms with van der Waals surface area (Å²) in [5, 5.41) is 13.5. The zero-order chi connectivity index (χ0) is 15.4. The van der Waals surface area contributed by atoms with E-state index in [1.165, 1.54) is 36.4 Å². The Bertz CT molecular complexity index is 704. The monoisotopic (exact) mass is 289 g/mol. The highest BCUT2D eigenvalue weighted by atomic mass is 19.1. The van der Waals surface area contributed by atoms with Gasteiger partial charge in [-0.15, -0.1) is 0 Å². The van der Waals surface area contributed by atoms with Crippen molar-refractivity contribution in [2.24, 2.45) is 0 Å². The number of nitro benzene ring substituents is 1. The molecule has 0 spiro atoms. The van der Waals surface area contributed by atoms with Crippen LogP contribution >= 0.6 is 0 Å². The molecule has 6 nitrogen and oxygen atoms in total. The molecule has 2 rings (SSSR count).